The molecule has 0 amide bonds. The van der Waals surface area contributed by atoms with Gasteiger partial charge in [-0.1, -0.05) is 0 Å². The molecule has 1 N–H and O–H groups in total. The van der Waals surface area contributed by atoms with Crippen LogP contribution in [0.3, 0.4) is 0 Å². The molecule has 0 radical (unpaired) electrons. The summed E-state index contributed by atoms with van der Waals surface area (Å²) in [6.45, 7) is 9.70. The fourth-order valence-electron chi connectivity index (χ4n) is 3.77. The summed E-state index contributed by atoms with van der Waals surface area (Å²) < 4.78 is 4.43. The molecule has 0 spiro atoms. The van der Waals surface area contributed by atoms with Gasteiger partial charge >= 0.3 is 159 Å². The Morgan fingerprint density at radius 1 is 0.875 bits per heavy atom. The fourth-order valence-corrected chi connectivity index (χ4v) is 26.2. The van der Waals surface area contributed by atoms with E-state index in [2.05, 4.69) is 58.0 Å². The van der Waals surface area contributed by atoms with Gasteiger partial charge in [-0.3, -0.25) is 0 Å². The number of hydrogen-bond donors (Lipinski definition) is 1. The summed E-state index contributed by atoms with van der Waals surface area (Å²) in [6, 6.07) is 10.8. The molecule has 0 saturated carbocycles. The molecule has 0 fully saturated rings. The number of benzene rings is 1. The molecule has 3 heteroatoms. The van der Waals surface area contributed by atoms with Crippen LogP contribution in [0.4, 0.5) is 0 Å². The van der Waals surface area contributed by atoms with Gasteiger partial charge in [-0.25, -0.2) is 0 Å². The molecule has 0 unspecified atom stereocenters. The van der Waals surface area contributed by atoms with Gasteiger partial charge < -0.3 is 0 Å². The SMILES string of the molecule is CCC[CH2][Sn]([CH2]CCC)([CH2]CCC)[C@@](C)(CO)Sc1ccccc1. The average Bonchev–Trinajstić information content (AvgIpc) is 2.62. The molecule has 1 aromatic rings. The summed E-state index contributed by atoms with van der Waals surface area (Å²) in [5.41, 5.74) is 0. The van der Waals surface area contributed by atoms with E-state index in [4.69, 9.17) is 0 Å². The zero-order valence-corrected chi connectivity index (χ0v) is 20.0. The Morgan fingerprint density at radius 2 is 1.33 bits per heavy atom. The van der Waals surface area contributed by atoms with E-state index in [0.717, 1.165) is 0 Å². The van der Waals surface area contributed by atoms with Gasteiger partial charge in [-0.05, 0) is 0 Å². The first kappa shape index (κ1) is 22.4. The van der Waals surface area contributed by atoms with E-state index in [9.17, 15) is 5.11 Å². The second-order valence-corrected chi connectivity index (χ2v) is 24.7. The molecular weight excluding hydrogens is 419 g/mol. The van der Waals surface area contributed by atoms with Crippen molar-refractivity contribution in [3.05, 3.63) is 30.3 Å². The third-order valence-corrected chi connectivity index (χ3v) is 28.5. The molecule has 1 aromatic carbocycles. The summed E-state index contributed by atoms with van der Waals surface area (Å²) in [7, 11) is 0. The van der Waals surface area contributed by atoms with Crippen LogP contribution in [0.2, 0.25) is 13.3 Å². The number of rotatable bonds is 13. The van der Waals surface area contributed by atoms with Crippen LogP contribution in [0.25, 0.3) is 0 Å². The number of unbranched alkanes of at least 4 members (excludes halogenated alkanes) is 3. The molecular formula is C21H38OSSn. The molecule has 24 heavy (non-hydrogen) atoms. The standard InChI is InChI=1S/C9H11OS.3C4H9.Sn/c1-8(7-10)11-9-5-3-2-4-6-9;3*1-3-4-2;/h2-6,10H,7H2,1H3;3*1,3-4H2,2H3;. The predicted molar refractivity (Wildman–Crippen MR) is 113 cm³/mol. The Labute approximate surface area is 158 Å². The molecule has 1 atom stereocenters. The van der Waals surface area contributed by atoms with Crippen LogP contribution in [0.15, 0.2) is 35.2 Å². The monoisotopic (exact) mass is 458 g/mol. The molecule has 0 aromatic heterocycles. The fraction of sp³-hybridized carbons (Fsp3) is 0.714. The van der Waals surface area contributed by atoms with Gasteiger partial charge in [0.15, 0.2) is 0 Å². The van der Waals surface area contributed by atoms with E-state index in [0.29, 0.717) is 6.61 Å². The first-order valence-corrected chi connectivity index (χ1v) is 18.2. The van der Waals surface area contributed by atoms with Crippen molar-refractivity contribution in [2.45, 2.75) is 87.2 Å². The van der Waals surface area contributed by atoms with Gasteiger partial charge in [0.1, 0.15) is 0 Å². The molecule has 0 aliphatic heterocycles. The third-order valence-electron chi connectivity index (χ3n) is 5.54. The number of hydrogen-bond acceptors (Lipinski definition) is 2. The van der Waals surface area contributed by atoms with Crippen LogP contribution in [0, 0.1) is 0 Å². The Bertz CT molecular complexity index is 415. The first-order valence-electron chi connectivity index (χ1n) is 9.92. The number of thioether (sulfide) groups is 1. The van der Waals surface area contributed by atoms with Gasteiger partial charge in [0.25, 0.3) is 0 Å². The minimum atomic E-state index is -2.51. The topological polar surface area (TPSA) is 20.2 Å². The summed E-state index contributed by atoms with van der Waals surface area (Å²) in [5.74, 6) is 0. The van der Waals surface area contributed by atoms with Crippen molar-refractivity contribution in [2.75, 3.05) is 6.61 Å². The van der Waals surface area contributed by atoms with Crippen LogP contribution in [0.5, 0.6) is 0 Å². The Morgan fingerprint density at radius 3 is 1.71 bits per heavy atom. The van der Waals surface area contributed by atoms with E-state index >= 15 is 0 Å². The molecule has 0 aliphatic rings. The molecule has 0 heterocycles. The van der Waals surface area contributed by atoms with Crippen molar-refractivity contribution in [1.82, 2.24) is 0 Å². The zero-order chi connectivity index (χ0) is 17.9. The third kappa shape index (κ3) is 6.25. The molecule has 0 saturated heterocycles. The molecule has 138 valence electrons. The molecule has 1 rings (SSSR count). The summed E-state index contributed by atoms with van der Waals surface area (Å²) in [6.07, 6.45) is 7.93. The summed E-state index contributed by atoms with van der Waals surface area (Å²) >= 11 is -0.515. The zero-order valence-electron chi connectivity index (χ0n) is 16.3. The second-order valence-electron chi connectivity index (χ2n) is 7.40. The van der Waals surface area contributed by atoms with Gasteiger partial charge in [0.2, 0.25) is 0 Å². The second kappa shape index (κ2) is 11.9. The van der Waals surface area contributed by atoms with Gasteiger partial charge in [-0.2, -0.15) is 0 Å². The van der Waals surface area contributed by atoms with Crippen molar-refractivity contribution in [3.8, 4) is 0 Å². The van der Waals surface area contributed by atoms with E-state index in [-0.39, 0.29) is 2.76 Å². The Balaban J connectivity index is 3.15. The quantitative estimate of drug-likeness (QED) is 0.256. The van der Waals surface area contributed by atoms with Crippen LogP contribution < -0.4 is 0 Å². The van der Waals surface area contributed by atoms with Crippen molar-refractivity contribution in [1.29, 1.82) is 0 Å². The summed E-state index contributed by atoms with van der Waals surface area (Å²) in [4.78, 5) is 1.33. The Hall–Kier alpha value is 0.329. The van der Waals surface area contributed by atoms with Crippen molar-refractivity contribution >= 4 is 30.1 Å². The van der Waals surface area contributed by atoms with Gasteiger partial charge in [0, 0.05) is 0 Å². The van der Waals surface area contributed by atoms with Crippen LogP contribution in [-0.4, -0.2) is 32.9 Å². The number of aliphatic hydroxyl groups is 1. The van der Waals surface area contributed by atoms with E-state index in [1.54, 1.807) is 0 Å². The molecule has 1 nitrogen and oxygen atoms in total. The average molecular weight is 457 g/mol. The van der Waals surface area contributed by atoms with Crippen LogP contribution in [-0.2, 0) is 0 Å². The van der Waals surface area contributed by atoms with Crippen molar-refractivity contribution in [2.24, 2.45) is 0 Å². The minimum absolute atomic E-state index is 0.0928. The molecule has 0 bridgehead atoms. The van der Waals surface area contributed by atoms with E-state index in [1.165, 1.54) is 56.7 Å². The normalized spacial score (nSPS) is 14.5. The van der Waals surface area contributed by atoms with E-state index < -0.39 is 18.4 Å². The Kier molecular flexibility index (Phi) is 11.0. The molecule has 0 aliphatic carbocycles. The first-order chi connectivity index (χ1) is 11.6. The van der Waals surface area contributed by atoms with E-state index in [1.807, 2.05) is 11.8 Å². The van der Waals surface area contributed by atoms with Crippen LogP contribution >= 0.6 is 11.8 Å². The van der Waals surface area contributed by atoms with Gasteiger partial charge in [-0.15, -0.1) is 0 Å². The van der Waals surface area contributed by atoms with Crippen molar-refractivity contribution in [3.63, 3.8) is 0 Å². The maximum atomic E-state index is 10.5. The van der Waals surface area contributed by atoms with Crippen LogP contribution in [0.1, 0.15) is 66.2 Å². The maximum absolute atomic E-state index is 10.5. The van der Waals surface area contributed by atoms with Crippen molar-refractivity contribution < 1.29 is 5.11 Å². The number of aliphatic hydroxyl groups excluding tert-OH is 1. The van der Waals surface area contributed by atoms with Gasteiger partial charge in [0.05, 0.1) is 0 Å². The predicted octanol–water partition coefficient (Wildman–Crippen LogP) is 6.92. The summed E-state index contributed by atoms with van der Waals surface area (Å²) in [5, 5.41) is 10.5.